The second-order valence-electron chi connectivity index (χ2n) is 6.26. The molecule has 2 aromatic heterocycles. The van der Waals surface area contributed by atoms with Crippen LogP contribution in [0, 0.1) is 0 Å². The van der Waals surface area contributed by atoms with Gasteiger partial charge in [0, 0.05) is 39.1 Å². The number of imidazole rings is 1. The van der Waals surface area contributed by atoms with Crippen LogP contribution in [0.2, 0.25) is 0 Å². The quantitative estimate of drug-likeness (QED) is 0.571. The molecule has 1 amide bonds. The molecule has 1 aliphatic rings. The number of nitrogens with zero attached hydrogens (tertiary/aromatic N) is 2. The number of hydrogen-bond acceptors (Lipinski definition) is 5. The molecule has 1 aliphatic heterocycles. The maximum atomic E-state index is 12.3. The van der Waals surface area contributed by atoms with Crippen LogP contribution in [0.4, 0.5) is 0 Å². The van der Waals surface area contributed by atoms with Crippen LogP contribution in [0.5, 0.6) is 0 Å². The van der Waals surface area contributed by atoms with Gasteiger partial charge in [-0.2, -0.15) is 0 Å². The highest BCUT2D eigenvalue weighted by Gasteiger charge is 2.13. The molecule has 1 aromatic carbocycles. The van der Waals surface area contributed by atoms with E-state index in [4.69, 9.17) is 4.42 Å². The molecule has 0 unspecified atom stereocenters. The zero-order valence-electron chi connectivity index (χ0n) is 15.3. The Kier molecular flexibility index (Phi) is 8.00. The third-order valence-electron chi connectivity index (χ3n) is 4.36. The molecule has 0 aliphatic carbocycles. The first-order chi connectivity index (χ1) is 12.7. The molecule has 2 N–H and O–H groups in total. The second-order valence-corrected chi connectivity index (χ2v) is 7.21. The van der Waals surface area contributed by atoms with E-state index in [1.807, 2.05) is 23.9 Å². The van der Waals surface area contributed by atoms with Crippen LogP contribution in [0.1, 0.15) is 33.0 Å². The van der Waals surface area contributed by atoms with Gasteiger partial charge in [-0.25, -0.2) is 4.98 Å². The fraction of sp³-hybridized carbons (Fsp3) is 0.263. The minimum Gasteiger partial charge on any atom is -0.455 e. The number of fused-ring (bicyclic) bond motifs is 1. The van der Waals surface area contributed by atoms with Gasteiger partial charge in [-0.1, -0.05) is 30.0 Å². The van der Waals surface area contributed by atoms with Gasteiger partial charge in [0.05, 0.1) is 5.75 Å². The van der Waals surface area contributed by atoms with Crippen molar-refractivity contribution in [1.29, 1.82) is 0 Å². The Morgan fingerprint density at radius 3 is 2.86 bits per heavy atom. The highest BCUT2D eigenvalue weighted by atomic mass is 35.5. The van der Waals surface area contributed by atoms with Crippen LogP contribution < -0.4 is 10.6 Å². The van der Waals surface area contributed by atoms with E-state index in [1.54, 1.807) is 24.0 Å². The summed E-state index contributed by atoms with van der Waals surface area (Å²) < 4.78 is 7.62. The van der Waals surface area contributed by atoms with Gasteiger partial charge in [-0.15, -0.1) is 24.8 Å². The third kappa shape index (κ3) is 5.11. The molecule has 4 rings (SSSR count). The fourth-order valence-electron chi connectivity index (χ4n) is 2.93. The van der Waals surface area contributed by atoms with Crippen molar-refractivity contribution in [2.24, 2.45) is 7.05 Å². The number of carbonyl (C=O) groups excluding carboxylic acids is 1. The summed E-state index contributed by atoms with van der Waals surface area (Å²) >= 11 is 1.57. The molecule has 0 saturated carbocycles. The van der Waals surface area contributed by atoms with Crippen LogP contribution in [-0.4, -0.2) is 15.5 Å². The van der Waals surface area contributed by atoms with Gasteiger partial charge in [0.25, 0.3) is 5.91 Å². The summed E-state index contributed by atoms with van der Waals surface area (Å²) in [5.74, 6) is 1.53. The van der Waals surface area contributed by atoms with Crippen LogP contribution in [0.25, 0.3) is 0 Å². The van der Waals surface area contributed by atoms with Crippen molar-refractivity contribution in [2.45, 2.75) is 30.5 Å². The van der Waals surface area contributed by atoms with E-state index >= 15 is 0 Å². The lowest BCUT2D eigenvalue weighted by atomic mass is 10.1. The summed E-state index contributed by atoms with van der Waals surface area (Å²) in [6.45, 7) is 2.31. The fourth-order valence-corrected chi connectivity index (χ4v) is 3.76. The Morgan fingerprint density at radius 1 is 1.25 bits per heavy atom. The predicted molar refractivity (Wildman–Crippen MR) is 114 cm³/mol. The smallest absolute Gasteiger partial charge is 0.287 e. The number of hydrogen-bond donors (Lipinski definition) is 2. The predicted octanol–water partition coefficient (Wildman–Crippen LogP) is 3.68. The van der Waals surface area contributed by atoms with E-state index in [9.17, 15) is 4.79 Å². The van der Waals surface area contributed by atoms with Crippen LogP contribution in [0.3, 0.4) is 0 Å². The average Bonchev–Trinajstić information content (AvgIpc) is 3.38. The number of thioether (sulfide) groups is 1. The standard InChI is InChI=1S/C19H20N4O2S.2ClH/c1-23-7-6-21-19(23)26-12-16-4-5-17(25-16)18(24)22-9-13-2-3-14-10-20-11-15(14)8-13;;/h2-8,20H,9-12H2,1H3,(H,22,24);2*1H. The largest absolute Gasteiger partial charge is 0.455 e. The molecule has 0 saturated heterocycles. The van der Waals surface area contributed by atoms with Crippen molar-refractivity contribution in [3.8, 4) is 0 Å². The van der Waals surface area contributed by atoms with Crippen molar-refractivity contribution in [3.63, 3.8) is 0 Å². The lowest BCUT2D eigenvalue weighted by Gasteiger charge is -2.06. The first-order valence-corrected chi connectivity index (χ1v) is 9.46. The molecule has 6 nitrogen and oxygen atoms in total. The number of aromatic nitrogens is 2. The topological polar surface area (TPSA) is 72.1 Å². The lowest BCUT2D eigenvalue weighted by molar-refractivity contribution is 0.0921. The average molecular weight is 441 g/mol. The van der Waals surface area contributed by atoms with Crippen molar-refractivity contribution >= 4 is 42.5 Å². The van der Waals surface area contributed by atoms with Crippen molar-refractivity contribution in [1.82, 2.24) is 20.2 Å². The minimum absolute atomic E-state index is 0. The highest BCUT2D eigenvalue weighted by Crippen LogP contribution is 2.22. The van der Waals surface area contributed by atoms with Gasteiger partial charge in [-0.3, -0.25) is 4.79 Å². The number of nitrogens with one attached hydrogen (secondary N) is 2. The van der Waals surface area contributed by atoms with Gasteiger partial charge in [-0.05, 0) is 28.8 Å². The van der Waals surface area contributed by atoms with Crippen molar-refractivity contribution in [2.75, 3.05) is 0 Å². The van der Waals surface area contributed by atoms with E-state index in [1.165, 1.54) is 11.1 Å². The zero-order chi connectivity index (χ0) is 17.9. The molecule has 3 heterocycles. The summed E-state index contributed by atoms with van der Waals surface area (Å²) in [4.78, 5) is 16.6. The maximum absolute atomic E-state index is 12.3. The summed E-state index contributed by atoms with van der Waals surface area (Å²) in [6.07, 6.45) is 3.66. The van der Waals surface area contributed by atoms with Gasteiger partial charge < -0.3 is 19.6 Å². The molecule has 0 atom stereocenters. The first-order valence-electron chi connectivity index (χ1n) is 8.47. The van der Waals surface area contributed by atoms with E-state index < -0.39 is 0 Å². The monoisotopic (exact) mass is 440 g/mol. The first kappa shape index (κ1) is 22.4. The Labute approximate surface area is 180 Å². The highest BCUT2D eigenvalue weighted by molar-refractivity contribution is 7.98. The zero-order valence-corrected chi connectivity index (χ0v) is 17.8. The van der Waals surface area contributed by atoms with Gasteiger partial charge in [0.2, 0.25) is 0 Å². The van der Waals surface area contributed by atoms with Crippen molar-refractivity contribution in [3.05, 3.63) is 70.9 Å². The lowest BCUT2D eigenvalue weighted by Crippen LogP contribution is -2.22. The van der Waals surface area contributed by atoms with E-state index in [0.29, 0.717) is 18.1 Å². The molecule has 150 valence electrons. The normalized spacial score (nSPS) is 12.0. The molecule has 9 heteroatoms. The summed E-state index contributed by atoms with van der Waals surface area (Å²) in [5, 5.41) is 7.16. The van der Waals surface area contributed by atoms with Gasteiger partial charge in [0.15, 0.2) is 10.9 Å². The summed E-state index contributed by atoms with van der Waals surface area (Å²) in [7, 11) is 1.95. The van der Waals surface area contributed by atoms with E-state index in [0.717, 1.165) is 29.6 Å². The number of amides is 1. The molecule has 0 spiro atoms. The molecule has 28 heavy (non-hydrogen) atoms. The van der Waals surface area contributed by atoms with E-state index in [2.05, 4.69) is 33.8 Å². The summed E-state index contributed by atoms with van der Waals surface area (Å²) in [6, 6.07) is 9.88. The Bertz CT molecular complexity index is 942. The SMILES string of the molecule is Cl.Cl.Cn1ccnc1SCc1ccc(C(=O)NCc2ccc3c(c2)CNC3)o1. The maximum Gasteiger partial charge on any atom is 0.287 e. The number of furan rings is 1. The van der Waals surface area contributed by atoms with Crippen LogP contribution >= 0.6 is 36.6 Å². The Morgan fingerprint density at radius 2 is 2.07 bits per heavy atom. The molecule has 3 aromatic rings. The number of rotatable bonds is 6. The molecular weight excluding hydrogens is 419 g/mol. The number of aryl methyl sites for hydroxylation is 1. The Hall–Kier alpha value is -1.93. The van der Waals surface area contributed by atoms with Crippen LogP contribution in [0.15, 0.2) is 52.3 Å². The third-order valence-corrected chi connectivity index (χ3v) is 5.44. The summed E-state index contributed by atoms with van der Waals surface area (Å²) in [5.41, 5.74) is 3.74. The minimum atomic E-state index is -0.197. The number of halogens is 2. The van der Waals surface area contributed by atoms with Crippen LogP contribution in [-0.2, 0) is 32.4 Å². The molecular formula is C19H22Cl2N4O2S. The second kappa shape index (κ2) is 10.0. The Balaban J connectivity index is 0.00000140. The van der Waals surface area contributed by atoms with Crippen molar-refractivity contribution < 1.29 is 9.21 Å². The molecule has 0 bridgehead atoms. The number of carbonyl (C=O) groups is 1. The van der Waals surface area contributed by atoms with Gasteiger partial charge >= 0.3 is 0 Å². The van der Waals surface area contributed by atoms with E-state index in [-0.39, 0.29) is 30.7 Å². The molecule has 0 fully saturated rings. The van der Waals surface area contributed by atoms with Gasteiger partial charge in [0.1, 0.15) is 5.76 Å². The number of benzene rings is 1. The molecule has 0 radical (unpaired) electrons.